The molecule has 1 aromatic heterocycles. The van der Waals surface area contributed by atoms with Crippen molar-refractivity contribution < 1.29 is 27.4 Å². The van der Waals surface area contributed by atoms with Crippen molar-refractivity contribution in [1.29, 1.82) is 0 Å². The van der Waals surface area contributed by atoms with Gasteiger partial charge in [-0.15, -0.1) is 13.2 Å². The van der Waals surface area contributed by atoms with E-state index in [1.807, 2.05) is 0 Å². The Balaban J connectivity index is 3.18. The lowest BCUT2D eigenvalue weighted by Gasteiger charge is -2.14. The van der Waals surface area contributed by atoms with Crippen molar-refractivity contribution in [3.05, 3.63) is 21.0 Å². The molecule has 0 saturated heterocycles. The molecule has 1 rings (SSSR count). The van der Waals surface area contributed by atoms with E-state index < -0.39 is 18.1 Å². The van der Waals surface area contributed by atoms with Crippen LogP contribution in [0.15, 0.2) is 6.20 Å². The lowest BCUT2D eigenvalue weighted by atomic mass is 10.2. The van der Waals surface area contributed by atoms with E-state index in [-0.39, 0.29) is 21.4 Å². The topological polar surface area (TPSA) is 48.4 Å². The van der Waals surface area contributed by atoms with E-state index in [0.29, 0.717) is 0 Å². The molecule has 0 fully saturated rings. The van der Waals surface area contributed by atoms with Crippen LogP contribution in [0.1, 0.15) is 23.0 Å². The second kappa shape index (κ2) is 5.72. The molecule has 0 spiro atoms. The Labute approximate surface area is 115 Å². The van der Waals surface area contributed by atoms with Crippen LogP contribution in [0.5, 0.6) is 5.75 Å². The van der Waals surface area contributed by atoms with E-state index in [1.54, 1.807) is 29.5 Å². The zero-order chi connectivity index (χ0) is 13.9. The number of carbonyl (C=O) groups is 1. The number of carbonyl (C=O) groups excluding carboxylic acids is 1. The number of esters is 1. The molecular weight excluding hydrogens is 366 g/mol. The number of pyridine rings is 1. The van der Waals surface area contributed by atoms with Crippen LogP contribution in [0.25, 0.3) is 0 Å². The highest BCUT2D eigenvalue weighted by atomic mass is 127. The fourth-order valence-corrected chi connectivity index (χ4v) is 2.00. The number of nitrogens with zero attached hydrogens (tertiary/aromatic N) is 1. The van der Waals surface area contributed by atoms with Gasteiger partial charge in [-0.25, -0.2) is 4.79 Å². The molecule has 8 heteroatoms. The summed E-state index contributed by atoms with van der Waals surface area (Å²) in [7, 11) is 0. The Morgan fingerprint density at radius 3 is 2.61 bits per heavy atom. The third-order valence-corrected chi connectivity index (χ3v) is 2.94. The summed E-state index contributed by atoms with van der Waals surface area (Å²) in [5.41, 5.74) is -0.00734. The maximum Gasteiger partial charge on any atom is 0.573 e. The van der Waals surface area contributed by atoms with E-state index in [1.165, 1.54) is 13.1 Å². The molecule has 1 heterocycles. The third-order valence-electron chi connectivity index (χ3n) is 1.86. The van der Waals surface area contributed by atoms with Crippen molar-refractivity contribution in [2.24, 2.45) is 0 Å². The van der Waals surface area contributed by atoms with Crippen molar-refractivity contribution in [1.82, 2.24) is 4.98 Å². The number of halogens is 4. The van der Waals surface area contributed by atoms with Crippen LogP contribution < -0.4 is 4.74 Å². The molecule has 0 atom stereocenters. The number of rotatable bonds is 3. The standard InChI is InChI=1S/C10H9F3INO3/c1-3-17-9(16)6-4-15-5(2)8(7(6)14)18-10(11,12)13/h4H,3H2,1-2H3. The normalized spacial score (nSPS) is 11.2. The van der Waals surface area contributed by atoms with E-state index in [4.69, 9.17) is 4.74 Å². The summed E-state index contributed by atoms with van der Waals surface area (Å²) in [6.07, 6.45) is -3.67. The SMILES string of the molecule is CCOC(=O)c1cnc(C)c(OC(F)(F)F)c1I. The predicted molar refractivity (Wildman–Crippen MR) is 64.3 cm³/mol. The van der Waals surface area contributed by atoms with Crippen LogP contribution in [0, 0.1) is 10.5 Å². The first-order valence-electron chi connectivity index (χ1n) is 4.84. The monoisotopic (exact) mass is 375 g/mol. The molecule has 1 aromatic rings. The van der Waals surface area contributed by atoms with Crippen LogP contribution >= 0.6 is 22.6 Å². The van der Waals surface area contributed by atoms with Gasteiger partial charge in [-0.05, 0) is 36.4 Å². The van der Waals surface area contributed by atoms with Gasteiger partial charge >= 0.3 is 12.3 Å². The van der Waals surface area contributed by atoms with Crippen LogP contribution in [0.4, 0.5) is 13.2 Å². The summed E-state index contributed by atoms with van der Waals surface area (Å²) in [5, 5.41) is 0. The highest BCUT2D eigenvalue weighted by Gasteiger charge is 2.34. The lowest BCUT2D eigenvalue weighted by Crippen LogP contribution is -2.20. The first-order valence-corrected chi connectivity index (χ1v) is 5.92. The first-order chi connectivity index (χ1) is 8.26. The van der Waals surface area contributed by atoms with Gasteiger partial charge in [0.15, 0.2) is 5.75 Å². The fraction of sp³-hybridized carbons (Fsp3) is 0.400. The first kappa shape index (κ1) is 15.0. The number of hydrogen-bond donors (Lipinski definition) is 0. The number of alkyl halides is 3. The smallest absolute Gasteiger partial charge is 0.462 e. The number of hydrogen-bond acceptors (Lipinski definition) is 4. The Kier molecular flexibility index (Phi) is 4.77. The van der Waals surface area contributed by atoms with E-state index >= 15 is 0 Å². The van der Waals surface area contributed by atoms with Crippen molar-refractivity contribution in [2.75, 3.05) is 6.61 Å². The number of ether oxygens (including phenoxy) is 2. The molecule has 18 heavy (non-hydrogen) atoms. The van der Waals surface area contributed by atoms with Gasteiger partial charge in [-0.1, -0.05) is 0 Å². The molecule has 0 aliphatic carbocycles. The van der Waals surface area contributed by atoms with Gasteiger partial charge in [0.25, 0.3) is 0 Å². The fourth-order valence-electron chi connectivity index (χ4n) is 1.14. The van der Waals surface area contributed by atoms with Crippen molar-refractivity contribution >= 4 is 28.6 Å². The zero-order valence-corrected chi connectivity index (χ0v) is 11.6. The summed E-state index contributed by atoms with van der Waals surface area (Å²) >= 11 is 1.60. The second-order valence-electron chi connectivity index (χ2n) is 3.17. The van der Waals surface area contributed by atoms with E-state index in [9.17, 15) is 18.0 Å². The molecule has 0 aliphatic heterocycles. The van der Waals surface area contributed by atoms with Crippen LogP contribution in [0.2, 0.25) is 0 Å². The average molecular weight is 375 g/mol. The molecule has 4 nitrogen and oxygen atoms in total. The summed E-state index contributed by atoms with van der Waals surface area (Å²) in [6.45, 7) is 3.08. The van der Waals surface area contributed by atoms with Gasteiger partial charge in [0.1, 0.15) is 0 Å². The predicted octanol–water partition coefficient (Wildman–Crippen LogP) is 3.07. The molecular formula is C10H9F3INO3. The molecule has 0 bridgehead atoms. The average Bonchev–Trinajstić information content (AvgIpc) is 2.23. The Bertz CT molecular complexity index is 462. The largest absolute Gasteiger partial charge is 0.573 e. The maximum atomic E-state index is 12.2. The van der Waals surface area contributed by atoms with Gasteiger partial charge in [0.05, 0.1) is 21.4 Å². The second-order valence-corrected chi connectivity index (χ2v) is 4.25. The molecule has 100 valence electrons. The number of aryl methyl sites for hydroxylation is 1. The molecule has 0 aromatic carbocycles. The van der Waals surface area contributed by atoms with Gasteiger partial charge in [-0.3, -0.25) is 4.98 Å². The lowest BCUT2D eigenvalue weighted by molar-refractivity contribution is -0.275. The molecule has 0 radical (unpaired) electrons. The molecule has 0 amide bonds. The van der Waals surface area contributed by atoms with Gasteiger partial charge < -0.3 is 9.47 Å². The Morgan fingerprint density at radius 1 is 1.50 bits per heavy atom. The van der Waals surface area contributed by atoms with Crippen molar-refractivity contribution in [2.45, 2.75) is 20.2 Å². The van der Waals surface area contributed by atoms with Gasteiger partial charge in [-0.2, -0.15) is 0 Å². The van der Waals surface area contributed by atoms with Crippen molar-refractivity contribution in [3.63, 3.8) is 0 Å². The van der Waals surface area contributed by atoms with Crippen LogP contribution in [-0.2, 0) is 4.74 Å². The Morgan fingerprint density at radius 2 is 2.11 bits per heavy atom. The van der Waals surface area contributed by atoms with Crippen LogP contribution in [0.3, 0.4) is 0 Å². The van der Waals surface area contributed by atoms with Gasteiger partial charge in [0, 0.05) is 6.20 Å². The van der Waals surface area contributed by atoms with Gasteiger partial charge in [0.2, 0.25) is 0 Å². The molecule has 0 unspecified atom stereocenters. The summed E-state index contributed by atoms with van der Waals surface area (Å²) in [4.78, 5) is 15.2. The Hall–Kier alpha value is -1.06. The van der Waals surface area contributed by atoms with E-state index in [0.717, 1.165) is 0 Å². The molecule has 0 aliphatic rings. The minimum Gasteiger partial charge on any atom is -0.462 e. The molecule has 0 N–H and O–H groups in total. The third kappa shape index (κ3) is 3.72. The van der Waals surface area contributed by atoms with E-state index in [2.05, 4.69) is 9.72 Å². The minimum absolute atomic E-state index is 0.0240. The quantitative estimate of drug-likeness (QED) is 0.602. The zero-order valence-electron chi connectivity index (χ0n) is 9.47. The van der Waals surface area contributed by atoms with Crippen molar-refractivity contribution in [3.8, 4) is 5.75 Å². The maximum absolute atomic E-state index is 12.2. The number of aromatic nitrogens is 1. The molecule has 0 saturated carbocycles. The summed E-state index contributed by atoms with van der Waals surface area (Å²) in [6, 6.07) is 0. The summed E-state index contributed by atoms with van der Waals surface area (Å²) in [5.74, 6) is -1.21. The van der Waals surface area contributed by atoms with Crippen LogP contribution in [-0.4, -0.2) is 23.9 Å². The highest BCUT2D eigenvalue weighted by molar-refractivity contribution is 14.1. The minimum atomic E-state index is -4.83. The highest BCUT2D eigenvalue weighted by Crippen LogP contribution is 2.32. The summed E-state index contributed by atoms with van der Waals surface area (Å²) < 4.78 is 45.2.